The summed E-state index contributed by atoms with van der Waals surface area (Å²) in [5.74, 6) is 4.40. The second kappa shape index (κ2) is 8.73. The molecule has 4 heterocycles. The van der Waals surface area contributed by atoms with Crippen LogP contribution < -0.4 is 10.6 Å². The Balaban J connectivity index is 1.15. The predicted molar refractivity (Wildman–Crippen MR) is 142 cm³/mol. The molecule has 2 unspecified atom stereocenters. The minimum Gasteiger partial charge on any atom is -0.341 e. The summed E-state index contributed by atoms with van der Waals surface area (Å²) in [6.07, 6.45) is 11.0. The molecule has 2 aromatic carbocycles. The van der Waals surface area contributed by atoms with Crippen molar-refractivity contribution in [2.45, 2.75) is 24.9 Å². The van der Waals surface area contributed by atoms with Crippen LogP contribution in [0.1, 0.15) is 36.6 Å². The van der Waals surface area contributed by atoms with Gasteiger partial charge in [0.25, 0.3) is 0 Å². The van der Waals surface area contributed by atoms with Gasteiger partial charge in [-0.1, -0.05) is 48.5 Å². The van der Waals surface area contributed by atoms with E-state index in [0.717, 1.165) is 53.0 Å². The fourth-order valence-electron chi connectivity index (χ4n) is 4.99. The number of rotatable bonds is 5. The van der Waals surface area contributed by atoms with Gasteiger partial charge in [0, 0.05) is 11.6 Å². The van der Waals surface area contributed by atoms with E-state index in [9.17, 15) is 0 Å². The molecule has 0 aliphatic carbocycles. The Morgan fingerprint density at radius 1 is 0.706 bits per heavy atom. The third-order valence-electron chi connectivity index (χ3n) is 6.97. The predicted octanol–water partition coefficient (Wildman–Crippen LogP) is 5.22. The molecular weight excluding hydrogens is 440 g/mol. The maximum absolute atomic E-state index is 4.67. The van der Waals surface area contributed by atoms with Crippen LogP contribution in [0.2, 0.25) is 0 Å². The summed E-state index contributed by atoms with van der Waals surface area (Å²) < 4.78 is 0. The summed E-state index contributed by atoms with van der Waals surface area (Å²) >= 11 is 0. The molecule has 176 valence electrons. The van der Waals surface area contributed by atoms with Crippen LogP contribution in [0.15, 0.2) is 60.9 Å². The van der Waals surface area contributed by atoms with Crippen molar-refractivity contribution in [2.24, 2.45) is 0 Å². The van der Waals surface area contributed by atoms with Crippen LogP contribution in [-0.4, -0.2) is 50.6 Å². The second-order valence-corrected chi connectivity index (χ2v) is 14.2. The highest BCUT2D eigenvalue weighted by molar-refractivity contribution is 8.32. The van der Waals surface area contributed by atoms with Gasteiger partial charge < -0.3 is 15.3 Å². The maximum Gasteiger partial charge on any atom is 0.124 e. The molecular formula is C27H32N6S. The fraction of sp³-hybridized carbons (Fsp3) is 0.333. The number of aromatic amines is 2. The molecule has 7 heteroatoms. The van der Waals surface area contributed by atoms with E-state index < -0.39 is 10.0 Å². The summed E-state index contributed by atoms with van der Waals surface area (Å²) in [4.78, 5) is 16.3. The lowest BCUT2D eigenvalue weighted by molar-refractivity contribution is 0.613. The number of nitrogens with zero attached hydrogens (tertiary/aromatic N) is 2. The zero-order valence-electron chi connectivity index (χ0n) is 19.8. The van der Waals surface area contributed by atoms with Crippen LogP contribution >= 0.6 is 10.0 Å². The number of hydrogen-bond donors (Lipinski definition) is 4. The number of nitrogens with one attached hydrogen (secondary N) is 4. The Bertz CT molecular complexity index is 1270. The van der Waals surface area contributed by atoms with E-state index in [1.54, 1.807) is 0 Å². The lowest BCUT2D eigenvalue weighted by atomic mass is 10.0. The van der Waals surface area contributed by atoms with Crippen LogP contribution in [0.25, 0.3) is 33.6 Å². The van der Waals surface area contributed by atoms with Crippen molar-refractivity contribution >= 4 is 10.0 Å². The fourth-order valence-corrected chi connectivity index (χ4v) is 6.94. The van der Waals surface area contributed by atoms with Gasteiger partial charge in [0.1, 0.15) is 11.6 Å². The Morgan fingerprint density at radius 2 is 1.24 bits per heavy atom. The molecule has 2 aliphatic rings. The first-order chi connectivity index (χ1) is 16.5. The van der Waals surface area contributed by atoms with Crippen molar-refractivity contribution in [3.8, 4) is 33.6 Å². The molecule has 0 amide bonds. The zero-order chi connectivity index (χ0) is 23.1. The van der Waals surface area contributed by atoms with Gasteiger partial charge >= 0.3 is 0 Å². The Hall–Kier alpha value is -2.87. The van der Waals surface area contributed by atoms with E-state index in [2.05, 4.69) is 91.6 Å². The maximum atomic E-state index is 4.67. The van der Waals surface area contributed by atoms with Crippen molar-refractivity contribution in [3.63, 3.8) is 0 Å². The molecule has 2 atom stereocenters. The molecule has 0 saturated carbocycles. The molecule has 2 aliphatic heterocycles. The van der Waals surface area contributed by atoms with Crippen molar-refractivity contribution in [2.75, 3.05) is 30.7 Å². The van der Waals surface area contributed by atoms with Gasteiger partial charge in [-0.3, -0.25) is 5.32 Å². The first-order valence-electron chi connectivity index (χ1n) is 12.0. The number of hydrogen-bond acceptors (Lipinski definition) is 4. The molecule has 0 radical (unpaired) electrons. The second-order valence-electron chi connectivity index (χ2n) is 10.0. The minimum absolute atomic E-state index is 0.344. The van der Waals surface area contributed by atoms with Gasteiger partial charge in [-0.2, -0.15) is 0 Å². The molecule has 4 N–H and O–H groups in total. The van der Waals surface area contributed by atoms with Crippen molar-refractivity contribution in [3.05, 3.63) is 72.6 Å². The molecule has 0 bridgehead atoms. The van der Waals surface area contributed by atoms with Crippen LogP contribution in [-0.2, 0) is 0 Å². The third-order valence-corrected chi connectivity index (χ3v) is 9.16. The van der Waals surface area contributed by atoms with Gasteiger partial charge in [0.2, 0.25) is 0 Å². The van der Waals surface area contributed by atoms with Gasteiger partial charge in [-0.25, -0.2) is 20.0 Å². The standard InChI is InChI=1S/C27H32N6S/c1-34(2)16-25(31-17-34)27-30-15-24(33-27)21-11-7-19(8-12-21)18-5-9-20(10-6-18)23-14-29-26(32-23)22-4-3-13-28-22/h5-12,14-15,22,25,28,31H,3-4,13,16-17H2,1-2H3,(H,29,32)(H,30,33). The van der Waals surface area contributed by atoms with Gasteiger partial charge in [-0.05, 0) is 54.2 Å². The molecule has 2 saturated heterocycles. The summed E-state index contributed by atoms with van der Waals surface area (Å²) in [5.41, 5.74) is 6.88. The molecule has 6 nitrogen and oxygen atoms in total. The van der Waals surface area contributed by atoms with Crippen LogP contribution in [0, 0.1) is 0 Å². The van der Waals surface area contributed by atoms with Crippen molar-refractivity contribution in [1.29, 1.82) is 0 Å². The topological polar surface area (TPSA) is 81.4 Å². The highest BCUT2D eigenvalue weighted by atomic mass is 32.3. The number of benzene rings is 2. The molecule has 6 rings (SSSR count). The Morgan fingerprint density at radius 3 is 1.71 bits per heavy atom. The third kappa shape index (κ3) is 4.31. The van der Waals surface area contributed by atoms with Crippen LogP contribution in [0.4, 0.5) is 0 Å². The first kappa shape index (κ1) is 21.6. The Labute approximate surface area is 202 Å². The van der Waals surface area contributed by atoms with E-state index in [4.69, 9.17) is 0 Å². The molecule has 34 heavy (non-hydrogen) atoms. The van der Waals surface area contributed by atoms with Gasteiger partial charge in [0.15, 0.2) is 0 Å². The van der Waals surface area contributed by atoms with E-state index >= 15 is 0 Å². The highest BCUT2D eigenvalue weighted by Crippen LogP contribution is 2.46. The van der Waals surface area contributed by atoms with Crippen LogP contribution in [0.5, 0.6) is 0 Å². The quantitative estimate of drug-likeness (QED) is 0.321. The van der Waals surface area contributed by atoms with Crippen molar-refractivity contribution < 1.29 is 0 Å². The molecule has 2 aromatic heterocycles. The average molecular weight is 473 g/mol. The normalized spacial score (nSPS) is 22.8. The number of imidazole rings is 2. The summed E-state index contributed by atoms with van der Waals surface area (Å²) in [5, 5.41) is 7.13. The van der Waals surface area contributed by atoms with Crippen LogP contribution in [0.3, 0.4) is 0 Å². The van der Waals surface area contributed by atoms with E-state index in [1.165, 1.54) is 23.3 Å². The minimum atomic E-state index is -0.538. The monoisotopic (exact) mass is 472 g/mol. The molecule has 4 aromatic rings. The van der Waals surface area contributed by atoms with Gasteiger partial charge in [0.05, 0.1) is 35.9 Å². The number of H-pyrrole nitrogens is 2. The first-order valence-corrected chi connectivity index (χ1v) is 14.8. The summed E-state index contributed by atoms with van der Waals surface area (Å²) in [6, 6.07) is 18.1. The lowest BCUT2D eigenvalue weighted by Crippen LogP contribution is -2.15. The summed E-state index contributed by atoms with van der Waals surface area (Å²) in [7, 11) is -0.538. The zero-order valence-corrected chi connectivity index (χ0v) is 20.6. The van der Waals surface area contributed by atoms with E-state index in [1.807, 2.05) is 12.4 Å². The number of aromatic nitrogens is 4. The molecule has 0 spiro atoms. The van der Waals surface area contributed by atoms with Gasteiger partial charge in [-0.15, -0.1) is 0 Å². The highest BCUT2D eigenvalue weighted by Gasteiger charge is 2.29. The SMILES string of the molecule is CS1(C)CNC(c2ncc(-c3ccc(-c4ccc(-c5cnc(C6CCCN6)[nH]5)cc4)cc3)[nH]2)C1. The van der Waals surface area contributed by atoms with E-state index in [-0.39, 0.29) is 0 Å². The average Bonchev–Trinajstić information content (AvgIpc) is 3.66. The summed E-state index contributed by atoms with van der Waals surface area (Å²) in [6.45, 7) is 1.08. The lowest BCUT2D eigenvalue weighted by Gasteiger charge is -2.22. The van der Waals surface area contributed by atoms with E-state index in [0.29, 0.717) is 12.1 Å². The Kier molecular flexibility index (Phi) is 5.56. The largest absolute Gasteiger partial charge is 0.341 e. The van der Waals surface area contributed by atoms with Crippen molar-refractivity contribution in [1.82, 2.24) is 30.6 Å². The molecule has 2 fully saturated rings. The smallest absolute Gasteiger partial charge is 0.124 e.